The summed E-state index contributed by atoms with van der Waals surface area (Å²) in [5.41, 5.74) is 10.2. The average Bonchev–Trinajstić information content (AvgIpc) is 1.95. The maximum Gasteiger partial charge on any atom is 0.237 e. The van der Waals surface area contributed by atoms with Crippen LogP contribution in [-0.2, 0) is 4.79 Å². The maximum atomic E-state index is 10.9. The molecule has 1 aliphatic rings. The third-order valence-corrected chi connectivity index (χ3v) is 3.06. The van der Waals surface area contributed by atoms with E-state index < -0.39 is 5.54 Å². The van der Waals surface area contributed by atoms with Crippen molar-refractivity contribution in [1.82, 2.24) is 3.11 Å². The molecule has 1 heterocycles. The Labute approximate surface area is 79.8 Å². The summed E-state index contributed by atoms with van der Waals surface area (Å²) in [4.78, 5) is 10.9. The predicted octanol–water partition coefficient (Wildman–Crippen LogP) is -0.385. The van der Waals surface area contributed by atoms with Crippen LogP contribution in [0.15, 0.2) is 0 Å². The van der Waals surface area contributed by atoms with E-state index in [0.29, 0.717) is 12.8 Å². The van der Waals surface area contributed by atoms with E-state index in [2.05, 4.69) is 26.0 Å². The lowest BCUT2D eigenvalue weighted by molar-refractivity contribution is -0.124. The Bertz CT molecular complexity index is 165. The number of nitrogens with zero attached hydrogens (tertiary/aromatic N) is 1. The molecule has 0 aromatic carbocycles. The first kappa shape index (κ1) is 9.21. The minimum Gasteiger partial charge on any atom is -0.368 e. The first-order valence-electron chi connectivity index (χ1n) is 3.54. The second-order valence-electron chi connectivity index (χ2n) is 2.93. The molecule has 0 bridgehead atoms. The van der Waals surface area contributed by atoms with Crippen LogP contribution in [0.3, 0.4) is 0 Å². The van der Waals surface area contributed by atoms with E-state index in [1.54, 1.807) is 0 Å². The molecular weight excluding hydrogens is 257 g/mol. The fourth-order valence-electron chi connectivity index (χ4n) is 1.12. The second-order valence-corrected chi connectivity index (χ2v) is 4.29. The smallest absolute Gasteiger partial charge is 0.237 e. The molecule has 4 N–H and O–H groups in total. The minimum absolute atomic E-state index is 0.373. The molecule has 0 unspecified atom stereocenters. The number of primary amides is 1. The Morgan fingerprint density at radius 3 is 2.27 bits per heavy atom. The zero-order valence-corrected chi connectivity index (χ0v) is 8.37. The summed E-state index contributed by atoms with van der Waals surface area (Å²) >= 11 is 2.22. The van der Waals surface area contributed by atoms with E-state index >= 15 is 0 Å². The molecule has 1 rings (SSSR count). The highest BCUT2D eigenvalue weighted by atomic mass is 127. The van der Waals surface area contributed by atoms with Crippen molar-refractivity contribution < 1.29 is 4.79 Å². The van der Waals surface area contributed by atoms with Crippen molar-refractivity contribution in [3.8, 4) is 0 Å². The molecule has 11 heavy (non-hydrogen) atoms. The Kier molecular flexibility index (Phi) is 2.71. The van der Waals surface area contributed by atoms with Gasteiger partial charge in [-0.25, -0.2) is 3.11 Å². The zero-order chi connectivity index (χ0) is 8.48. The SMILES string of the molecule is NC(=O)C1(N)CCN(I)CC1. The first-order chi connectivity index (χ1) is 5.04. The molecule has 1 amide bonds. The van der Waals surface area contributed by atoms with E-state index in [-0.39, 0.29) is 5.91 Å². The summed E-state index contributed by atoms with van der Waals surface area (Å²) in [6.07, 6.45) is 1.34. The van der Waals surface area contributed by atoms with Crippen molar-refractivity contribution >= 4 is 28.8 Å². The van der Waals surface area contributed by atoms with Crippen molar-refractivity contribution in [2.24, 2.45) is 11.5 Å². The van der Waals surface area contributed by atoms with E-state index in [0.717, 1.165) is 13.1 Å². The van der Waals surface area contributed by atoms with Crippen LogP contribution in [-0.4, -0.2) is 27.6 Å². The summed E-state index contributed by atoms with van der Waals surface area (Å²) < 4.78 is 2.12. The van der Waals surface area contributed by atoms with Gasteiger partial charge in [-0.1, -0.05) is 0 Å². The molecule has 0 radical (unpaired) electrons. The molecular formula is C6H12IN3O. The molecule has 5 heteroatoms. The molecule has 0 aliphatic carbocycles. The van der Waals surface area contributed by atoms with Gasteiger partial charge in [0.2, 0.25) is 5.91 Å². The van der Waals surface area contributed by atoms with Gasteiger partial charge in [-0.15, -0.1) is 0 Å². The van der Waals surface area contributed by atoms with E-state index in [9.17, 15) is 4.79 Å². The van der Waals surface area contributed by atoms with E-state index in [1.807, 2.05) is 0 Å². The van der Waals surface area contributed by atoms with Crippen LogP contribution in [0.5, 0.6) is 0 Å². The molecule has 1 saturated heterocycles. The lowest BCUT2D eigenvalue weighted by Gasteiger charge is -2.33. The lowest BCUT2D eigenvalue weighted by Crippen LogP contribution is -2.57. The Hall–Kier alpha value is 0.120. The molecule has 0 aromatic rings. The number of carbonyl (C=O) groups excluding carboxylic acids is 1. The van der Waals surface area contributed by atoms with E-state index in [1.165, 1.54) is 0 Å². The Morgan fingerprint density at radius 2 is 1.91 bits per heavy atom. The number of carbonyl (C=O) groups is 1. The third kappa shape index (κ3) is 2.03. The van der Waals surface area contributed by atoms with Gasteiger partial charge >= 0.3 is 0 Å². The van der Waals surface area contributed by atoms with Crippen molar-refractivity contribution in [1.29, 1.82) is 0 Å². The van der Waals surface area contributed by atoms with Crippen LogP contribution in [0.2, 0.25) is 0 Å². The predicted molar refractivity (Wildman–Crippen MR) is 50.9 cm³/mol. The molecule has 0 spiro atoms. The van der Waals surface area contributed by atoms with Crippen LogP contribution < -0.4 is 11.5 Å². The second kappa shape index (κ2) is 3.24. The third-order valence-electron chi connectivity index (χ3n) is 2.09. The standard InChI is InChI=1S/C6H12IN3O/c7-10-3-1-6(9,2-4-10)5(8)11/h1-4,9H2,(H2,8,11). The topological polar surface area (TPSA) is 72.3 Å². The van der Waals surface area contributed by atoms with Crippen LogP contribution in [0.1, 0.15) is 12.8 Å². The fourth-order valence-corrected chi connectivity index (χ4v) is 1.61. The highest BCUT2D eigenvalue weighted by molar-refractivity contribution is 14.1. The highest BCUT2D eigenvalue weighted by Crippen LogP contribution is 2.21. The van der Waals surface area contributed by atoms with Crippen LogP contribution >= 0.6 is 22.9 Å². The number of piperidine rings is 1. The number of nitrogens with two attached hydrogens (primary N) is 2. The van der Waals surface area contributed by atoms with Gasteiger partial charge in [-0.2, -0.15) is 0 Å². The summed E-state index contributed by atoms with van der Waals surface area (Å²) in [7, 11) is 0. The Morgan fingerprint density at radius 1 is 1.45 bits per heavy atom. The minimum atomic E-state index is -0.748. The van der Waals surface area contributed by atoms with Crippen molar-refractivity contribution in [2.75, 3.05) is 13.1 Å². The number of amides is 1. The van der Waals surface area contributed by atoms with Gasteiger partial charge in [0.25, 0.3) is 0 Å². The van der Waals surface area contributed by atoms with Crippen LogP contribution in [0.4, 0.5) is 0 Å². The molecule has 0 aromatic heterocycles. The van der Waals surface area contributed by atoms with E-state index in [4.69, 9.17) is 11.5 Å². The highest BCUT2D eigenvalue weighted by Gasteiger charge is 2.35. The van der Waals surface area contributed by atoms with Crippen molar-refractivity contribution in [2.45, 2.75) is 18.4 Å². The quantitative estimate of drug-likeness (QED) is 0.503. The summed E-state index contributed by atoms with van der Waals surface area (Å²) in [6.45, 7) is 1.69. The van der Waals surface area contributed by atoms with Gasteiger partial charge in [0, 0.05) is 36.0 Å². The van der Waals surface area contributed by atoms with Gasteiger partial charge in [0.15, 0.2) is 0 Å². The monoisotopic (exact) mass is 269 g/mol. The molecule has 64 valence electrons. The van der Waals surface area contributed by atoms with Gasteiger partial charge < -0.3 is 11.5 Å². The normalized spacial score (nSPS) is 24.9. The zero-order valence-electron chi connectivity index (χ0n) is 6.22. The van der Waals surface area contributed by atoms with Gasteiger partial charge in [0.1, 0.15) is 0 Å². The molecule has 0 atom stereocenters. The summed E-state index contributed by atoms with van der Waals surface area (Å²) in [5, 5.41) is 0. The number of halogens is 1. The fraction of sp³-hybridized carbons (Fsp3) is 0.833. The summed E-state index contributed by atoms with van der Waals surface area (Å²) in [6, 6.07) is 0. The molecule has 0 saturated carbocycles. The van der Waals surface area contributed by atoms with Gasteiger partial charge in [0.05, 0.1) is 5.54 Å². The lowest BCUT2D eigenvalue weighted by atomic mass is 9.89. The van der Waals surface area contributed by atoms with Crippen molar-refractivity contribution in [3.63, 3.8) is 0 Å². The molecule has 1 aliphatic heterocycles. The maximum absolute atomic E-state index is 10.9. The van der Waals surface area contributed by atoms with Crippen LogP contribution in [0.25, 0.3) is 0 Å². The van der Waals surface area contributed by atoms with Gasteiger partial charge in [-0.05, 0) is 12.8 Å². The molecule has 4 nitrogen and oxygen atoms in total. The largest absolute Gasteiger partial charge is 0.368 e. The number of rotatable bonds is 1. The van der Waals surface area contributed by atoms with Crippen molar-refractivity contribution in [3.05, 3.63) is 0 Å². The van der Waals surface area contributed by atoms with Crippen LogP contribution in [0, 0.1) is 0 Å². The summed E-state index contributed by atoms with van der Waals surface area (Å²) in [5.74, 6) is -0.373. The van der Waals surface area contributed by atoms with Gasteiger partial charge in [-0.3, -0.25) is 4.79 Å². The number of hydrogen-bond donors (Lipinski definition) is 2. The average molecular weight is 269 g/mol. The number of hydrogen-bond acceptors (Lipinski definition) is 3. The Balaban J connectivity index is 2.55. The first-order valence-corrected chi connectivity index (χ1v) is 4.50. The molecule has 1 fully saturated rings.